The normalized spacial score (nSPS) is 11.1. The first-order valence-corrected chi connectivity index (χ1v) is 7.88. The highest BCUT2D eigenvalue weighted by Crippen LogP contribution is 2.14. The third kappa shape index (κ3) is 6.78. The summed E-state index contributed by atoms with van der Waals surface area (Å²) in [6.07, 6.45) is 2.06. The van der Waals surface area contributed by atoms with Gasteiger partial charge in [-0.3, -0.25) is 9.52 Å². The van der Waals surface area contributed by atoms with Gasteiger partial charge in [0.25, 0.3) is 0 Å². The summed E-state index contributed by atoms with van der Waals surface area (Å²) >= 11 is 0. The van der Waals surface area contributed by atoms with Crippen LogP contribution in [0.2, 0.25) is 0 Å². The van der Waals surface area contributed by atoms with E-state index in [-0.39, 0.29) is 12.5 Å². The van der Waals surface area contributed by atoms with Crippen molar-refractivity contribution < 1.29 is 13.2 Å². The summed E-state index contributed by atoms with van der Waals surface area (Å²) in [7, 11) is -3.28. The highest BCUT2D eigenvalue weighted by Gasteiger charge is 2.03. The minimum atomic E-state index is -3.28. The van der Waals surface area contributed by atoms with Gasteiger partial charge in [0.2, 0.25) is 15.9 Å². The van der Waals surface area contributed by atoms with Crippen molar-refractivity contribution in [3.05, 3.63) is 24.3 Å². The molecule has 0 atom stereocenters. The maximum absolute atomic E-state index is 11.5. The van der Waals surface area contributed by atoms with Gasteiger partial charge >= 0.3 is 0 Å². The molecule has 0 saturated carbocycles. The van der Waals surface area contributed by atoms with E-state index in [2.05, 4.69) is 15.4 Å². The van der Waals surface area contributed by atoms with Crippen LogP contribution in [0.3, 0.4) is 0 Å². The van der Waals surface area contributed by atoms with E-state index in [0.717, 1.165) is 19.2 Å². The number of sulfonamides is 1. The fraction of sp³-hybridized carbons (Fsp3) is 0.417. The average molecular weight is 285 g/mol. The number of anilines is 2. The molecule has 0 bridgehead atoms. The molecule has 1 amide bonds. The summed E-state index contributed by atoms with van der Waals surface area (Å²) < 4.78 is 24.4. The molecule has 1 rings (SSSR count). The molecule has 0 aliphatic rings. The van der Waals surface area contributed by atoms with Gasteiger partial charge in [0, 0.05) is 11.4 Å². The van der Waals surface area contributed by atoms with Crippen LogP contribution in [0.5, 0.6) is 0 Å². The highest BCUT2D eigenvalue weighted by molar-refractivity contribution is 7.92. The minimum absolute atomic E-state index is 0.128. The van der Waals surface area contributed by atoms with E-state index in [1.165, 1.54) is 0 Å². The van der Waals surface area contributed by atoms with E-state index in [9.17, 15) is 13.2 Å². The fourth-order valence-corrected chi connectivity index (χ4v) is 1.98. The third-order valence-corrected chi connectivity index (χ3v) is 2.79. The molecule has 7 heteroatoms. The van der Waals surface area contributed by atoms with Crippen molar-refractivity contribution in [3.8, 4) is 0 Å². The number of rotatable bonds is 7. The van der Waals surface area contributed by atoms with Gasteiger partial charge in [-0.25, -0.2) is 8.42 Å². The van der Waals surface area contributed by atoms with Gasteiger partial charge < -0.3 is 10.6 Å². The molecular formula is C12H19N3O3S. The molecule has 1 aromatic carbocycles. The Balaban J connectivity index is 2.50. The first kappa shape index (κ1) is 15.5. The second-order valence-electron chi connectivity index (χ2n) is 4.18. The van der Waals surface area contributed by atoms with E-state index in [0.29, 0.717) is 11.4 Å². The predicted octanol–water partition coefficient (Wildman–Crippen LogP) is 0.996. The molecule has 1 aromatic rings. The summed E-state index contributed by atoms with van der Waals surface area (Å²) in [6.45, 7) is 3.08. The number of hydrogen-bond donors (Lipinski definition) is 3. The number of carbonyl (C=O) groups is 1. The zero-order valence-electron chi connectivity index (χ0n) is 11.1. The SMILES string of the molecule is CCCNCC(=O)Nc1ccc(NS(C)(=O)=O)cc1. The summed E-state index contributed by atoms with van der Waals surface area (Å²) in [5, 5.41) is 5.71. The summed E-state index contributed by atoms with van der Waals surface area (Å²) in [6, 6.07) is 6.47. The lowest BCUT2D eigenvalue weighted by atomic mass is 10.3. The molecule has 19 heavy (non-hydrogen) atoms. The fourth-order valence-electron chi connectivity index (χ4n) is 1.42. The van der Waals surface area contributed by atoms with E-state index in [1.54, 1.807) is 24.3 Å². The van der Waals surface area contributed by atoms with E-state index in [1.807, 2.05) is 6.92 Å². The largest absolute Gasteiger partial charge is 0.325 e. The zero-order chi connectivity index (χ0) is 14.3. The van der Waals surface area contributed by atoms with E-state index >= 15 is 0 Å². The van der Waals surface area contributed by atoms with Crippen LogP contribution in [0.15, 0.2) is 24.3 Å². The van der Waals surface area contributed by atoms with Crippen molar-refractivity contribution in [1.82, 2.24) is 5.32 Å². The first-order valence-electron chi connectivity index (χ1n) is 5.99. The molecule has 0 aliphatic carbocycles. The second-order valence-corrected chi connectivity index (χ2v) is 5.92. The van der Waals surface area contributed by atoms with Gasteiger partial charge in [-0.15, -0.1) is 0 Å². The van der Waals surface area contributed by atoms with Gasteiger partial charge in [0.1, 0.15) is 0 Å². The first-order chi connectivity index (χ1) is 8.90. The third-order valence-electron chi connectivity index (χ3n) is 2.18. The smallest absolute Gasteiger partial charge is 0.238 e. The summed E-state index contributed by atoms with van der Waals surface area (Å²) in [5.74, 6) is -0.128. The quantitative estimate of drug-likeness (QED) is 0.652. The Labute approximate surface area is 113 Å². The number of hydrogen-bond acceptors (Lipinski definition) is 4. The Morgan fingerprint density at radius 1 is 1.16 bits per heavy atom. The number of benzene rings is 1. The maximum Gasteiger partial charge on any atom is 0.238 e. The van der Waals surface area contributed by atoms with Crippen molar-refractivity contribution in [2.45, 2.75) is 13.3 Å². The van der Waals surface area contributed by atoms with Gasteiger partial charge in [-0.05, 0) is 37.2 Å². The molecule has 0 heterocycles. The van der Waals surface area contributed by atoms with Crippen LogP contribution in [-0.4, -0.2) is 33.7 Å². The molecule has 6 nitrogen and oxygen atoms in total. The minimum Gasteiger partial charge on any atom is -0.325 e. The molecule has 3 N–H and O–H groups in total. The molecule has 0 fully saturated rings. The van der Waals surface area contributed by atoms with Gasteiger partial charge in [0.15, 0.2) is 0 Å². The highest BCUT2D eigenvalue weighted by atomic mass is 32.2. The monoisotopic (exact) mass is 285 g/mol. The van der Waals surface area contributed by atoms with Crippen molar-refractivity contribution in [2.75, 3.05) is 29.4 Å². The Bertz CT molecular complexity index is 512. The van der Waals surface area contributed by atoms with Crippen LogP contribution in [0, 0.1) is 0 Å². The van der Waals surface area contributed by atoms with Crippen LogP contribution < -0.4 is 15.4 Å². The molecular weight excluding hydrogens is 266 g/mol. The average Bonchev–Trinajstić information content (AvgIpc) is 2.30. The molecule has 0 aliphatic heterocycles. The topological polar surface area (TPSA) is 87.3 Å². The van der Waals surface area contributed by atoms with Gasteiger partial charge in [0.05, 0.1) is 12.8 Å². The maximum atomic E-state index is 11.5. The predicted molar refractivity (Wildman–Crippen MR) is 76.7 cm³/mol. The molecule has 0 radical (unpaired) electrons. The lowest BCUT2D eigenvalue weighted by molar-refractivity contribution is -0.115. The molecule has 0 spiro atoms. The Morgan fingerprint density at radius 2 is 1.74 bits per heavy atom. The van der Waals surface area contributed by atoms with Gasteiger partial charge in [-0.2, -0.15) is 0 Å². The Hall–Kier alpha value is -1.60. The lowest BCUT2D eigenvalue weighted by Gasteiger charge is -2.08. The summed E-state index contributed by atoms with van der Waals surface area (Å²) in [4.78, 5) is 11.5. The van der Waals surface area contributed by atoms with E-state index < -0.39 is 10.0 Å². The van der Waals surface area contributed by atoms with Crippen molar-refractivity contribution >= 4 is 27.3 Å². The number of nitrogens with one attached hydrogen (secondary N) is 3. The zero-order valence-corrected chi connectivity index (χ0v) is 11.9. The standard InChI is InChI=1S/C12H19N3O3S/c1-3-8-13-9-12(16)14-10-4-6-11(7-5-10)15-19(2,17)18/h4-7,13,15H,3,8-9H2,1-2H3,(H,14,16). The van der Waals surface area contributed by atoms with E-state index in [4.69, 9.17) is 0 Å². The lowest BCUT2D eigenvalue weighted by Crippen LogP contribution is -2.28. The van der Waals surface area contributed by atoms with Crippen LogP contribution in [0.1, 0.15) is 13.3 Å². The van der Waals surface area contributed by atoms with Crippen molar-refractivity contribution in [1.29, 1.82) is 0 Å². The number of amides is 1. The van der Waals surface area contributed by atoms with Crippen LogP contribution in [0.25, 0.3) is 0 Å². The second kappa shape index (κ2) is 7.10. The Morgan fingerprint density at radius 3 is 2.26 bits per heavy atom. The van der Waals surface area contributed by atoms with Gasteiger partial charge in [-0.1, -0.05) is 6.92 Å². The number of carbonyl (C=O) groups excluding carboxylic acids is 1. The van der Waals surface area contributed by atoms with Crippen molar-refractivity contribution in [2.24, 2.45) is 0 Å². The molecule has 0 unspecified atom stereocenters. The Kier molecular flexibility index (Phi) is 5.78. The molecule has 106 valence electrons. The molecule has 0 aromatic heterocycles. The van der Waals surface area contributed by atoms with Crippen LogP contribution >= 0.6 is 0 Å². The van der Waals surface area contributed by atoms with Crippen molar-refractivity contribution in [3.63, 3.8) is 0 Å². The molecule has 0 saturated heterocycles. The van der Waals surface area contributed by atoms with Crippen LogP contribution in [-0.2, 0) is 14.8 Å². The summed E-state index contributed by atoms with van der Waals surface area (Å²) in [5.41, 5.74) is 1.09. The van der Waals surface area contributed by atoms with Crippen LogP contribution in [0.4, 0.5) is 11.4 Å².